The predicted molar refractivity (Wildman–Crippen MR) is 134 cm³/mol. The van der Waals surface area contributed by atoms with Gasteiger partial charge in [-0.2, -0.15) is 13.2 Å². The largest absolute Gasteiger partial charge is 0.429 e. The van der Waals surface area contributed by atoms with Crippen LogP contribution in [0.2, 0.25) is 5.02 Å². The smallest absolute Gasteiger partial charge is 0.321 e. The standard InChI is InChI=1S/C27H19ClF3N3O/c28-21-9-3-4-10-23(21)33-24(16-25(32)27(29,30)31)18-12-14-19(15-13-18)26(35)34-22-11-5-7-17-6-1-2-8-20(17)22/h1-15,32H,16H2,(H,34,35). The predicted octanol–water partition coefficient (Wildman–Crippen LogP) is 7.84. The normalized spacial score (nSPS) is 11.9. The van der Waals surface area contributed by atoms with Crippen LogP contribution in [0.4, 0.5) is 24.5 Å². The Balaban J connectivity index is 1.62. The fraction of sp³-hybridized carbons (Fsp3) is 0.0741. The number of carbonyl (C=O) groups is 1. The van der Waals surface area contributed by atoms with Gasteiger partial charge in [-0.1, -0.05) is 72.3 Å². The van der Waals surface area contributed by atoms with E-state index in [0.717, 1.165) is 10.8 Å². The minimum absolute atomic E-state index is 0.0152. The molecule has 0 bridgehead atoms. The highest BCUT2D eigenvalue weighted by atomic mass is 35.5. The number of aliphatic imine (C=N–C) groups is 1. The Hall–Kier alpha value is -3.97. The number of amides is 1. The molecule has 4 rings (SSSR count). The number of halogens is 4. The van der Waals surface area contributed by atoms with Crippen LogP contribution in [-0.4, -0.2) is 23.5 Å². The number of anilines is 1. The van der Waals surface area contributed by atoms with Gasteiger partial charge in [0.15, 0.2) is 0 Å². The van der Waals surface area contributed by atoms with Crippen LogP contribution >= 0.6 is 11.6 Å². The van der Waals surface area contributed by atoms with Crippen molar-refractivity contribution in [3.8, 4) is 0 Å². The molecule has 0 aliphatic heterocycles. The van der Waals surface area contributed by atoms with E-state index in [-0.39, 0.29) is 22.3 Å². The van der Waals surface area contributed by atoms with Crippen LogP contribution in [0.25, 0.3) is 10.8 Å². The van der Waals surface area contributed by atoms with Crippen molar-refractivity contribution in [2.75, 3.05) is 5.32 Å². The van der Waals surface area contributed by atoms with Crippen LogP contribution in [0, 0.1) is 5.41 Å². The summed E-state index contributed by atoms with van der Waals surface area (Å²) >= 11 is 6.13. The minimum Gasteiger partial charge on any atom is -0.321 e. The molecule has 0 saturated heterocycles. The van der Waals surface area contributed by atoms with E-state index in [1.165, 1.54) is 24.3 Å². The molecular formula is C27H19ClF3N3O. The number of benzene rings is 4. The molecule has 4 nitrogen and oxygen atoms in total. The van der Waals surface area contributed by atoms with Crippen LogP contribution in [0.15, 0.2) is 96.0 Å². The zero-order valence-electron chi connectivity index (χ0n) is 18.2. The lowest BCUT2D eigenvalue weighted by molar-refractivity contribution is -0.0605. The van der Waals surface area contributed by atoms with E-state index < -0.39 is 18.3 Å². The van der Waals surface area contributed by atoms with Crippen molar-refractivity contribution in [2.24, 2.45) is 4.99 Å². The van der Waals surface area contributed by atoms with Crippen LogP contribution in [0.1, 0.15) is 22.3 Å². The van der Waals surface area contributed by atoms with Crippen molar-refractivity contribution >= 4 is 51.1 Å². The Kier molecular flexibility index (Phi) is 6.98. The Morgan fingerprint density at radius 3 is 2.20 bits per heavy atom. The van der Waals surface area contributed by atoms with Crippen molar-refractivity contribution in [3.05, 3.63) is 107 Å². The summed E-state index contributed by atoms with van der Waals surface area (Å²) in [5, 5.41) is 12.5. The molecule has 35 heavy (non-hydrogen) atoms. The first-order valence-corrected chi connectivity index (χ1v) is 11.0. The van der Waals surface area contributed by atoms with Gasteiger partial charge in [-0.05, 0) is 41.3 Å². The van der Waals surface area contributed by atoms with Crippen LogP contribution < -0.4 is 5.32 Å². The van der Waals surface area contributed by atoms with Crippen molar-refractivity contribution in [3.63, 3.8) is 0 Å². The third-order valence-corrected chi connectivity index (χ3v) is 5.63. The van der Waals surface area contributed by atoms with Crippen molar-refractivity contribution in [1.82, 2.24) is 0 Å². The van der Waals surface area contributed by atoms with Crippen LogP contribution in [-0.2, 0) is 0 Å². The van der Waals surface area contributed by atoms with Gasteiger partial charge in [-0.3, -0.25) is 9.79 Å². The van der Waals surface area contributed by atoms with Crippen molar-refractivity contribution < 1.29 is 18.0 Å². The fourth-order valence-corrected chi connectivity index (χ4v) is 3.68. The summed E-state index contributed by atoms with van der Waals surface area (Å²) < 4.78 is 39.2. The number of nitrogens with one attached hydrogen (secondary N) is 2. The molecule has 0 spiro atoms. The molecule has 0 aliphatic rings. The summed E-state index contributed by atoms with van der Waals surface area (Å²) in [6.45, 7) is 0. The summed E-state index contributed by atoms with van der Waals surface area (Å²) in [5.74, 6) is -0.361. The average molecular weight is 494 g/mol. The Bertz CT molecular complexity index is 1420. The number of fused-ring (bicyclic) bond motifs is 1. The number of alkyl halides is 3. The summed E-state index contributed by atoms with van der Waals surface area (Å²) in [6.07, 6.45) is -5.52. The molecule has 0 unspecified atom stereocenters. The molecular weight excluding hydrogens is 475 g/mol. The van der Waals surface area contributed by atoms with E-state index >= 15 is 0 Å². The Morgan fingerprint density at radius 1 is 0.857 bits per heavy atom. The second-order valence-corrected chi connectivity index (χ2v) is 8.13. The maximum Gasteiger partial charge on any atom is 0.429 e. The maximum atomic E-state index is 13.1. The third-order valence-electron chi connectivity index (χ3n) is 5.31. The number of para-hydroxylation sites is 1. The van der Waals surface area contributed by atoms with E-state index in [0.29, 0.717) is 16.8 Å². The molecule has 0 aliphatic carbocycles. The van der Waals surface area contributed by atoms with Gasteiger partial charge in [0.1, 0.15) is 5.71 Å². The van der Waals surface area contributed by atoms with Gasteiger partial charge in [-0.25, -0.2) is 0 Å². The third kappa shape index (κ3) is 5.75. The van der Waals surface area contributed by atoms with E-state index in [2.05, 4.69) is 10.3 Å². The van der Waals surface area contributed by atoms with Gasteiger partial charge in [-0.15, -0.1) is 0 Å². The highest BCUT2D eigenvalue weighted by Crippen LogP contribution is 2.28. The molecule has 0 aromatic heterocycles. The lowest BCUT2D eigenvalue weighted by Crippen LogP contribution is -2.25. The molecule has 176 valence electrons. The summed E-state index contributed by atoms with van der Waals surface area (Å²) in [6, 6.07) is 25.8. The zero-order chi connectivity index (χ0) is 25.0. The van der Waals surface area contributed by atoms with Gasteiger partial charge in [0, 0.05) is 23.1 Å². The SMILES string of the molecule is N=C(CC(=Nc1ccccc1Cl)c1ccc(C(=O)Nc2cccc3ccccc23)cc1)C(F)(F)F. The molecule has 0 heterocycles. The molecule has 4 aromatic carbocycles. The first-order valence-electron chi connectivity index (χ1n) is 10.6. The molecule has 8 heteroatoms. The van der Waals surface area contributed by atoms with Crippen LogP contribution in [0.3, 0.4) is 0 Å². The molecule has 0 radical (unpaired) electrons. The number of nitrogens with zero attached hydrogens (tertiary/aromatic N) is 1. The lowest BCUT2D eigenvalue weighted by atomic mass is 10.0. The van der Waals surface area contributed by atoms with Gasteiger partial charge in [0.25, 0.3) is 5.91 Å². The zero-order valence-corrected chi connectivity index (χ0v) is 19.0. The first kappa shape index (κ1) is 24.2. The number of hydrogen-bond acceptors (Lipinski definition) is 3. The van der Waals surface area contributed by atoms with E-state index in [9.17, 15) is 18.0 Å². The summed E-state index contributed by atoms with van der Waals surface area (Å²) in [5.41, 5.74) is 0.196. The molecule has 0 atom stereocenters. The Labute approximate surface area is 204 Å². The summed E-state index contributed by atoms with van der Waals surface area (Å²) in [7, 11) is 0. The molecule has 1 amide bonds. The fourth-order valence-electron chi connectivity index (χ4n) is 3.50. The van der Waals surface area contributed by atoms with Crippen molar-refractivity contribution in [2.45, 2.75) is 12.6 Å². The van der Waals surface area contributed by atoms with E-state index in [1.54, 1.807) is 30.3 Å². The monoisotopic (exact) mass is 493 g/mol. The second-order valence-electron chi connectivity index (χ2n) is 7.72. The summed E-state index contributed by atoms with van der Waals surface area (Å²) in [4.78, 5) is 17.1. The van der Waals surface area contributed by atoms with E-state index in [4.69, 9.17) is 17.0 Å². The number of carbonyl (C=O) groups excluding carboxylic acids is 1. The quantitative estimate of drug-likeness (QED) is 0.264. The lowest BCUT2D eigenvalue weighted by Gasteiger charge is -2.13. The topological polar surface area (TPSA) is 65.3 Å². The number of hydrogen-bond donors (Lipinski definition) is 2. The average Bonchev–Trinajstić information content (AvgIpc) is 2.84. The molecule has 0 saturated carbocycles. The van der Waals surface area contributed by atoms with Crippen molar-refractivity contribution in [1.29, 1.82) is 5.41 Å². The molecule has 4 aromatic rings. The van der Waals surface area contributed by atoms with Gasteiger partial charge in [0.2, 0.25) is 0 Å². The number of rotatable bonds is 6. The van der Waals surface area contributed by atoms with Gasteiger partial charge in [0.05, 0.1) is 16.4 Å². The maximum absolute atomic E-state index is 13.1. The first-order chi connectivity index (χ1) is 16.7. The minimum atomic E-state index is -4.78. The Morgan fingerprint density at radius 2 is 1.49 bits per heavy atom. The highest BCUT2D eigenvalue weighted by molar-refractivity contribution is 6.33. The molecule has 0 fully saturated rings. The van der Waals surface area contributed by atoms with Gasteiger partial charge < -0.3 is 10.7 Å². The van der Waals surface area contributed by atoms with E-state index in [1.807, 2.05) is 36.4 Å². The van der Waals surface area contributed by atoms with Crippen LogP contribution in [0.5, 0.6) is 0 Å². The van der Waals surface area contributed by atoms with Gasteiger partial charge >= 0.3 is 6.18 Å². The highest BCUT2D eigenvalue weighted by Gasteiger charge is 2.35. The second kappa shape index (κ2) is 10.1. The molecule has 2 N–H and O–H groups in total.